The van der Waals surface area contributed by atoms with Gasteiger partial charge in [0.2, 0.25) is 0 Å². The van der Waals surface area contributed by atoms with Gasteiger partial charge in [0, 0.05) is 29.4 Å². The average Bonchev–Trinajstić information content (AvgIpc) is 3.11. The number of nitrogens with one attached hydrogen (secondary N) is 1. The fraction of sp³-hybridized carbons (Fsp3) is 0.200. The van der Waals surface area contributed by atoms with E-state index >= 15 is 0 Å². The molecule has 3 rings (SSSR count). The monoisotopic (exact) mass is 351 g/mol. The van der Waals surface area contributed by atoms with Crippen LogP contribution in [0.15, 0.2) is 23.7 Å². The molecule has 0 unspecified atom stereocenters. The maximum absolute atomic E-state index is 12.4. The van der Waals surface area contributed by atoms with Gasteiger partial charge in [0.05, 0.1) is 24.9 Å². The molecule has 0 saturated heterocycles. The topological polar surface area (TPSA) is 64.9 Å². The quantitative estimate of drug-likeness (QED) is 0.779. The van der Waals surface area contributed by atoms with E-state index in [2.05, 4.69) is 10.3 Å². The number of carbonyl (C=O) groups excluding carboxylic acids is 1. The van der Waals surface area contributed by atoms with Crippen LogP contribution in [0.3, 0.4) is 0 Å². The van der Waals surface area contributed by atoms with Gasteiger partial charge in [-0.25, -0.2) is 4.98 Å². The number of rotatable bonds is 4. The number of carbonyl (C=O) groups is 1. The molecule has 0 saturated carbocycles. The second kappa shape index (κ2) is 6.10. The van der Waals surface area contributed by atoms with E-state index in [1.165, 1.54) is 25.6 Å². The molecule has 1 N–H and O–H groups in total. The lowest BCUT2D eigenvalue weighted by molar-refractivity contribution is 0.102. The summed E-state index contributed by atoms with van der Waals surface area (Å²) < 4.78 is 12.3. The highest BCUT2D eigenvalue weighted by Crippen LogP contribution is 2.36. The minimum absolute atomic E-state index is 0.330. The average molecular weight is 352 g/mol. The minimum Gasteiger partial charge on any atom is -0.495 e. The fourth-order valence-corrected chi connectivity index (χ4v) is 3.23. The molecule has 120 valence electrons. The molecular weight excluding hydrogens is 338 g/mol. The summed E-state index contributed by atoms with van der Waals surface area (Å²) in [6.45, 7) is 1.96. The van der Waals surface area contributed by atoms with Gasteiger partial charge in [-0.05, 0) is 6.92 Å². The van der Waals surface area contributed by atoms with Crippen molar-refractivity contribution in [1.29, 1.82) is 0 Å². The van der Waals surface area contributed by atoms with Crippen molar-refractivity contribution in [2.45, 2.75) is 6.92 Å². The number of halogens is 1. The number of ether oxygens (including phenoxy) is 2. The SMILES string of the molecule is COc1cc(NC(=O)c2cn3c(C)csc3n2)c(OC)cc1Cl. The van der Waals surface area contributed by atoms with Gasteiger partial charge in [-0.1, -0.05) is 11.6 Å². The van der Waals surface area contributed by atoms with Crippen LogP contribution in [0.2, 0.25) is 5.02 Å². The Kier molecular flexibility index (Phi) is 4.14. The van der Waals surface area contributed by atoms with E-state index < -0.39 is 0 Å². The number of thiazole rings is 1. The molecule has 1 amide bonds. The van der Waals surface area contributed by atoms with Gasteiger partial charge in [-0.2, -0.15) is 0 Å². The van der Waals surface area contributed by atoms with Crippen molar-refractivity contribution < 1.29 is 14.3 Å². The molecule has 23 heavy (non-hydrogen) atoms. The third kappa shape index (κ3) is 2.85. The summed E-state index contributed by atoms with van der Waals surface area (Å²) in [5.41, 5.74) is 1.82. The molecule has 0 spiro atoms. The van der Waals surface area contributed by atoms with Crippen LogP contribution in [0.4, 0.5) is 5.69 Å². The molecule has 2 heterocycles. The van der Waals surface area contributed by atoms with Crippen molar-refractivity contribution in [3.8, 4) is 11.5 Å². The summed E-state index contributed by atoms with van der Waals surface area (Å²) >= 11 is 7.54. The lowest BCUT2D eigenvalue weighted by atomic mass is 10.2. The van der Waals surface area contributed by atoms with Crippen molar-refractivity contribution in [3.63, 3.8) is 0 Å². The van der Waals surface area contributed by atoms with E-state index in [-0.39, 0.29) is 5.91 Å². The zero-order valence-electron chi connectivity index (χ0n) is 12.7. The normalized spacial score (nSPS) is 10.8. The van der Waals surface area contributed by atoms with Crippen LogP contribution in [0.1, 0.15) is 16.2 Å². The number of nitrogens with zero attached hydrogens (tertiary/aromatic N) is 2. The summed E-state index contributed by atoms with van der Waals surface area (Å²) in [5.74, 6) is 0.564. The van der Waals surface area contributed by atoms with Gasteiger partial charge in [0.15, 0.2) is 4.96 Å². The van der Waals surface area contributed by atoms with Crippen molar-refractivity contribution in [2.75, 3.05) is 19.5 Å². The Bertz CT molecular complexity index is 888. The van der Waals surface area contributed by atoms with Crippen molar-refractivity contribution in [1.82, 2.24) is 9.38 Å². The molecule has 3 aromatic rings. The Balaban J connectivity index is 1.92. The standard InChI is InChI=1S/C15H14ClN3O3S/c1-8-7-23-15-18-11(6-19(8)15)14(20)17-10-5-12(21-2)9(16)4-13(10)22-3/h4-7H,1-3H3,(H,17,20). The molecule has 0 aliphatic rings. The van der Waals surface area contributed by atoms with Crippen LogP contribution in [0.5, 0.6) is 11.5 Å². The van der Waals surface area contributed by atoms with E-state index in [0.29, 0.717) is 27.9 Å². The maximum atomic E-state index is 12.4. The number of aromatic nitrogens is 2. The number of anilines is 1. The van der Waals surface area contributed by atoms with Gasteiger partial charge < -0.3 is 14.8 Å². The second-order valence-electron chi connectivity index (χ2n) is 4.80. The Morgan fingerprint density at radius 2 is 2.04 bits per heavy atom. The first-order valence-corrected chi connectivity index (χ1v) is 7.95. The van der Waals surface area contributed by atoms with E-state index in [1.807, 2.05) is 16.7 Å². The Morgan fingerprint density at radius 3 is 2.70 bits per heavy atom. The van der Waals surface area contributed by atoms with E-state index in [1.54, 1.807) is 18.3 Å². The molecule has 0 aliphatic heterocycles. The van der Waals surface area contributed by atoms with Crippen LogP contribution in [0, 0.1) is 6.92 Å². The van der Waals surface area contributed by atoms with Crippen molar-refractivity contribution >= 4 is 39.5 Å². The molecule has 8 heteroatoms. The zero-order valence-corrected chi connectivity index (χ0v) is 14.3. The highest BCUT2D eigenvalue weighted by Gasteiger charge is 2.17. The minimum atomic E-state index is -0.331. The number of benzene rings is 1. The first-order chi connectivity index (χ1) is 11.0. The number of aryl methyl sites for hydroxylation is 1. The highest BCUT2D eigenvalue weighted by atomic mass is 35.5. The molecular formula is C15H14ClN3O3S. The maximum Gasteiger partial charge on any atom is 0.276 e. The molecule has 1 aromatic carbocycles. The third-order valence-corrected chi connectivity index (χ3v) is 4.60. The Morgan fingerprint density at radius 1 is 1.30 bits per heavy atom. The van der Waals surface area contributed by atoms with Crippen LogP contribution in [-0.4, -0.2) is 29.5 Å². The Labute approximate surface area is 141 Å². The fourth-order valence-electron chi connectivity index (χ4n) is 2.15. The van der Waals surface area contributed by atoms with Crippen LogP contribution < -0.4 is 14.8 Å². The van der Waals surface area contributed by atoms with Gasteiger partial charge in [0.25, 0.3) is 5.91 Å². The summed E-state index contributed by atoms with van der Waals surface area (Å²) in [6, 6.07) is 3.20. The van der Waals surface area contributed by atoms with E-state index in [4.69, 9.17) is 21.1 Å². The number of amides is 1. The van der Waals surface area contributed by atoms with Crippen LogP contribution >= 0.6 is 22.9 Å². The number of fused-ring (bicyclic) bond motifs is 1. The van der Waals surface area contributed by atoms with Gasteiger partial charge in [-0.3, -0.25) is 9.20 Å². The molecule has 0 aliphatic carbocycles. The lowest BCUT2D eigenvalue weighted by Crippen LogP contribution is -2.13. The highest BCUT2D eigenvalue weighted by molar-refractivity contribution is 7.15. The summed E-state index contributed by atoms with van der Waals surface area (Å²) in [5, 5.41) is 5.16. The summed E-state index contributed by atoms with van der Waals surface area (Å²) in [7, 11) is 3.01. The number of hydrogen-bond acceptors (Lipinski definition) is 5. The lowest BCUT2D eigenvalue weighted by Gasteiger charge is -2.12. The number of methoxy groups -OCH3 is 2. The predicted octanol–water partition coefficient (Wildman–Crippen LogP) is 3.63. The van der Waals surface area contributed by atoms with Crippen LogP contribution in [0.25, 0.3) is 4.96 Å². The third-order valence-electron chi connectivity index (χ3n) is 3.34. The largest absolute Gasteiger partial charge is 0.495 e. The predicted molar refractivity (Wildman–Crippen MR) is 90.3 cm³/mol. The van der Waals surface area contributed by atoms with Gasteiger partial charge >= 0.3 is 0 Å². The number of hydrogen-bond donors (Lipinski definition) is 1. The van der Waals surface area contributed by atoms with E-state index in [9.17, 15) is 4.79 Å². The summed E-state index contributed by atoms with van der Waals surface area (Å²) in [6.07, 6.45) is 1.70. The van der Waals surface area contributed by atoms with Crippen molar-refractivity contribution in [3.05, 3.63) is 40.1 Å². The van der Waals surface area contributed by atoms with Crippen molar-refractivity contribution in [2.24, 2.45) is 0 Å². The first-order valence-electron chi connectivity index (χ1n) is 6.69. The molecule has 0 bridgehead atoms. The number of imidazole rings is 1. The molecule has 2 aromatic heterocycles. The second-order valence-corrected chi connectivity index (χ2v) is 6.04. The molecule has 0 atom stereocenters. The van der Waals surface area contributed by atoms with Crippen LogP contribution in [-0.2, 0) is 0 Å². The smallest absolute Gasteiger partial charge is 0.276 e. The molecule has 0 fully saturated rings. The van der Waals surface area contributed by atoms with Gasteiger partial charge in [-0.15, -0.1) is 11.3 Å². The van der Waals surface area contributed by atoms with E-state index in [0.717, 1.165) is 10.7 Å². The first kappa shape index (κ1) is 15.6. The summed E-state index contributed by atoms with van der Waals surface area (Å²) in [4.78, 5) is 17.5. The zero-order chi connectivity index (χ0) is 16.6. The molecule has 0 radical (unpaired) electrons. The molecule has 6 nitrogen and oxygen atoms in total. The van der Waals surface area contributed by atoms with Gasteiger partial charge in [0.1, 0.15) is 17.2 Å². The Hall–Kier alpha value is -2.25.